The summed E-state index contributed by atoms with van der Waals surface area (Å²) in [6.45, 7) is 15.3. The second kappa shape index (κ2) is 8.03. The summed E-state index contributed by atoms with van der Waals surface area (Å²) in [6, 6.07) is 2.19. The van der Waals surface area contributed by atoms with Crippen LogP contribution in [0.2, 0.25) is 0 Å². The van der Waals surface area contributed by atoms with Crippen LogP contribution in [0.1, 0.15) is 99.8 Å². The first-order valence-corrected chi connectivity index (χ1v) is 16.4. The minimum atomic E-state index is -3.44. The van der Waals surface area contributed by atoms with Gasteiger partial charge in [0.05, 0.1) is 11.8 Å². The second-order valence-electron chi connectivity index (χ2n) is 15.7. The SMILES string of the molecule is CC1(C)CC[C@]2(NS(C)(=O)=O)CC[C@]3(C)C(C(=O)CC4[C@@]5(C)C=C(C#N)C(=O)C(C)(C)[C@@H]5CC[C@]43C)C2C1. The van der Waals surface area contributed by atoms with Crippen LogP contribution in [0.3, 0.4) is 0 Å². The molecular formula is C31H46N2O4S. The van der Waals surface area contributed by atoms with Crippen molar-refractivity contribution < 1.29 is 18.0 Å². The van der Waals surface area contributed by atoms with Crippen LogP contribution >= 0.6 is 0 Å². The number of ketones is 2. The highest BCUT2D eigenvalue weighted by atomic mass is 32.2. The van der Waals surface area contributed by atoms with Crippen molar-refractivity contribution >= 4 is 21.6 Å². The first-order chi connectivity index (χ1) is 17.3. The monoisotopic (exact) mass is 542 g/mol. The molecule has 3 unspecified atom stereocenters. The molecule has 0 amide bonds. The van der Waals surface area contributed by atoms with Crippen LogP contribution in [0.15, 0.2) is 11.6 Å². The summed E-state index contributed by atoms with van der Waals surface area (Å²) >= 11 is 0. The van der Waals surface area contributed by atoms with E-state index < -0.39 is 26.4 Å². The minimum absolute atomic E-state index is 0.0326. The fraction of sp³-hybridized carbons (Fsp3) is 0.839. The summed E-state index contributed by atoms with van der Waals surface area (Å²) in [4.78, 5) is 27.7. The van der Waals surface area contributed by atoms with E-state index in [1.54, 1.807) is 0 Å². The smallest absolute Gasteiger partial charge is 0.209 e. The van der Waals surface area contributed by atoms with Gasteiger partial charge in [0.2, 0.25) is 10.0 Å². The highest BCUT2D eigenvalue weighted by Crippen LogP contribution is 2.74. The summed E-state index contributed by atoms with van der Waals surface area (Å²) in [5.41, 5.74) is -1.80. The first kappa shape index (κ1) is 28.0. The number of hydrogen-bond donors (Lipinski definition) is 1. The molecule has 4 fully saturated rings. The summed E-state index contributed by atoms with van der Waals surface area (Å²) in [5, 5.41) is 9.89. The van der Waals surface area contributed by atoms with E-state index in [9.17, 15) is 23.3 Å². The molecule has 4 saturated carbocycles. The molecule has 0 bridgehead atoms. The number of nitrogens with one attached hydrogen (secondary N) is 1. The molecule has 6 nitrogen and oxygen atoms in total. The van der Waals surface area contributed by atoms with Crippen molar-refractivity contribution in [1.29, 1.82) is 5.26 Å². The number of rotatable bonds is 2. The predicted molar refractivity (Wildman–Crippen MR) is 147 cm³/mol. The molecule has 0 aromatic heterocycles. The Hall–Kier alpha value is -1.52. The molecule has 1 N–H and O–H groups in total. The van der Waals surface area contributed by atoms with Gasteiger partial charge in [-0.3, -0.25) is 9.59 Å². The first-order valence-electron chi connectivity index (χ1n) is 14.5. The minimum Gasteiger partial charge on any atom is -0.299 e. The van der Waals surface area contributed by atoms with Crippen LogP contribution < -0.4 is 4.72 Å². The van der Waals surface area contributed by atoms with E-state index in [0.717, 1.165) is 44.9 Å². The van der Waals surface area contributed by atoms with Crippen LogP contribution in [-0.2, 0) is 19.6 Å². The Morgan fingerprint density at radius 1 is 0.921 bits per heavy atom. The Morgan fingerprint density at radius 3 is 2.16 bits per heavy atom. The van der Waals surface area contributed by atoms with Crippen molar-refractivity contribution in [2.45, 2.75) is 105 Å². The third-order valence-corrected chi connectivity index (χ3v) is 13.6. The van der Waals surface area contributed by atoms with Gasteiger partial charge in [-0.2, -0.15) is 5.26 Å². The molecule has 0 spiro atoms. The van der Waals surface area contributed by atoms with Crippen molar-refractivity contribution in [3.8, 4) is 6.07 Å². The van der Waals surface area contributed by atoms with Gasteiger partial charge in [0.1, 0.15) is 11.9 Å². The van der Waals surface area contributed by atoms with Crippen molar-refractivity contribution in [3.63, 3.8) is 0 Å². The molecule has 5 aliphatic rings. The Kier molecular flexibility index (Phi) is 5.92. The molecule has 0 heterocycles. The normalized spacial score (nSPS) is 47.5. The van der Waals surface area contributed by atoms with Crippen LogP contribution in [0.5, 0.6) is 0 Å². The van der Waals surface area contributed by atoms with E-state index in [4.69, 9.17) is 0 Å². The molecule has 8 atom stereocenters. The van der Waals surface area contributed by atoms with Crippen LogP contribution in [-0.4, -0.2) is 31.8 Å². The Morgan fingerprint density at radius 2 is 1.55 bits per heavy atom. The molecule has 7 heteroatoms. The summed E-state index contributed by atoms with van der Waals surface area (Å²) < 4.78 is 28.3. The lowest BCUT2D eigenvalue weighted by atomic mass is 9.32. The molecule has 0 radical (unpaired) electrons. The van der Waals surface area contributed by atoms with Crippen molar-refractivity contribution in [2.24, 2.45) is 50.7 Å². The Bertz CT molecular complexity index is 1270. The maximum atomic E-state index is 14.5. The predicted octanol–water partition coefficient (Wildman–Crippen LogP) is 5.59. The van der Waals surface area contributed by atoms with Gasteiger partial charge in [0.25, 0.3) is 0 Å². The van der Waals surface area contributed by atoms with Gasteiger partial charge in [-0.05, 0) is 84.4 Å². The lowest BCUT2D eigenvalue weighted by Crippen LogP contribution is -2.72. The number of carbonyl (C=O) groups is 2. The van der Waals surface area contributed by atoms with Gasteiger partial charge in [-0.1, -0.05) is 54.5 Å². The van der Waals surface area contributed by atoms with Crippen molar-refractivity contribution in [2.75, 3.05) is 6.26 Å². The Labute approximate surface area is 229 Å². The highest BCUT2D eigenvalue weighted by molar-refractivity contribution is 7.88. The van der Waals surface area contributed by atoms with Crippen LogP contribution in [0, 0.1) is 62.1 Å². The third kappa shape index (κ3) is 3.61. The fourth-order valence-electron chi connectivity index (χ4n) is 10.9. The molecule has 5 rings (SSSR count). The number of fused-ring (bicyclic) bond motifs is 7. The van der Waals surface area contributed by atoms with Crippen molar-refractivity contribution in [1.82, 2.24) is 4.72 Å². The molecule has 38 heavy (non-hydrogen) atoms. The summed E-state index contributed by atoms with van der Waals surface area (Å²) in [5.74, 6) is 0.0461. The lowest BCUT2D eigenvalue weighted by molar-refractivity contribution is -0.214. The van der Waals surface area contributed by atoms with Gasteiger partial charge in [-0.15, -0.1) is 0 Å². The number of nitriles is 1. The standard InChI is InChI=1S/C31H46N2O4S/c1-26(2)11-13-31(33-38(8,36)37)14-12-30(7)24(20(31)17-26)21(34)15-23-28(5)16-19(18-32)25(35)27(3,4)22(28)9-10-29(23,30)6/h16,20,22-24,33H,9-15,17H2,1-8H3/t20?,22-,23?,24?,28-,29+,30+,31-/m0/s1. The quantitative estimate of drug-likeness (QED) is 0.490. The van der Waals surface area contributed by atoms with Gasteiger partial charge in [0, 0.05) is 23.3 Å². The van der Waals surface area contributed by atoms with Crippen molar-refractivity contribution in [3.05, 3.63) is 11.6 Å². The second-order valence-corrected chi connectivity index (χ2v) is 17.5. The van der Waals surface area contributed by atoms with Gasteiger partial charge in [-0.25, -0.2) is 13.1 Å². The number of carbonyl (C=O) groups excluding carboxylic acids is 2. The topological polar surface area (TPSA) is 104 Å². The van der Waals surface area contributed by atoms with Crippen LogP contribution in [0.4, 0.5) is 0 Å². The highest BCUT2D eigenvalue weighted by Gasteiger charge is 2.72. The Balaban J connectivity index is 1.64. The number of allylic oxidation sites excluding steroid dienone is 2. The fourth-order valence-corrected chi connectivity index (χ4v) is 12.0. The van der Waals surface area contributed by atoms with E-state index in [0.29, 0.717) is 6.42 Å². The third-order valence-electron chi connectivity index (χ3n) is 12.9. The number of nitrogens with zero attached hydrogens (tertiary/aromatic N) is 1. The van der Waals surface area contributed by atoms with E-state index in [1.807, 2.05) is 19.9 Å². The largest absolute Gasteiger partial charge is 0.299 e. The zero-order valence-corrected chi connectivity index (χ0v) is 25.3. The molecule has 5 aliphatic carbocycles. The van der Waals surface area contributed by atoms with E-state index in [1.165, 1.54) is 6.26 Å². The van der Waals surface area contributed by atoms with Gasteiger partial charge < -0.3 is 0 Å². The zero-order chi connectivity index (χ0) is 28.3. The number of Topliss-reactive ketones (excluding diaryl/α,β-unsaturated/α-hetero) is 2. The number of sulfonamides is 1. The van der Waals surface area contributed by atoms with E-state index in [-0.39, 0.29) is 57.1 Å². The van der Waals surface area contributed by atoms with Crippen LogP contribution in [0.25, 0.3) is 0 Å². The molecule has 210 valence electrons. The van der Waals surface area contributed by atoms with E-state index in [2.05, 4.69) is 45.4 Å². The molecule has 0 saturated heterocycles. The number of hydrogen-bond acceptors (Lipinski definition) is 5. The molecular weight excluding hydrogens is 496 g/mol. The lowest BCUT2D eigenvalue weighted by Gasteiger charge is -2.72. The maximum Gasteiger partial charge on any atom is 0.209 e. The summed E-state index contributed by atoms with van der Waals surface area (Å²) in [7, 11) is -3.44. The van der Waals surface area contributed by atoms with E-state index >= 15 is 0 Å². The molecule has 0 aromatic rings. The average molecular weight is 543 g/mol. The molecule has 0 aliphatic heterocycles. The molecule has 0 aromatic carbocycles. The van der Waals surface area contributed by atoms with Gasteiger partial charge in [0.15, 0.2) is 5.78 Å². The van der Waals surface area contributed by atoms with Gasteiger partial charge >= 0.3 is 0 Å². The summed E-state index contributed by atoms with van der Waals surface area (Å²) in [6.07, 6.45) is 9.52. The zero-order valence-electron chi connectivity index (χ0n) is 24.5. The maximum absolute atomic E-state index is 14.5. The average Bonchev–Trinajstić information content (AvgIpc) is 2.78.